The van der Waals surface area contributed by atoms with Crippen molar-refractivity contribution >= 4 is 17.8 Å². The van der Waals surface area contributed by atoms with E-state index in [9.17, 15) is 18.8 Å². The third-order valence-electron chi connectivity index (χ3n) is 5.10. The molecule has 138 valence electrons. The first-order chi connectivity index (χ1) is 13.0. The molecule has 1 saturated heterocycles. The lowest BCUT2D eigenvalue weighted by molar-refractivity contribution is -0.129. The number of benzene rings is 2. The quantitative estimate of drug-likeness (QED) is 0.754. The summed E-state index contributed by atoms with van der Waals surface area (Å²) in [4.78, 5) is 38.1. The first-order valence-electron chi connectivity index (χ1n) is 8.94. The van der Waals surface area contributed by atoms with Gasteiger partial charge < -0.3 is 4.74 Å². The number of Topliss-reactive ketones (excluding diaryl/α,β-unsaturated/α-hetero) is 1. The Morgan fingerprint density at radius 3 is 2.59 bits per heavy atom. The van der Waals surface area contributed by atoms with Gasteiger partial charge in [-0.15, -0.1) is 0 Å². The summed E-state index contributed by atoms with van der Waals surface area (Å²) in [5.41, 5.74) is 2.45. The molecule has 1 fully saturated rings. The number of rotatable bonds is 5. The van der Waals surface area contributed by atoms with Gasteiger partial charge in [0.2, 0.25) is 5.91 Å². The van der Waals surface area contributed by atoms with Gasteiger partial charge in [0, 0.05) is 24.8 Å². The number of carbonyl (C=O) groups is 3. The fourth-order valence-corrected chi connectivity index (χ4v) is 3.81. The number of nitrogens with zero attached hydrogens (tertiary/aromatic N) is 1. The molecule has 0 bridgehead atoms. The number of hydrogen-bond donors (Lipinski definition) is 0. The standard InChI is InChI=1S/C21H18FNO4/c22-15-10-8-13(9-11-15)17(24)6-3-7-19(25)23-20-16-5-2-1-4-14(16)12-18(20)27-21(23)26/h1-2,4-5,8-11,18,20H,3,6-7,12H2/t18-,20+/m0/s1. The number of ketones is 1. The fraction of sp³-hybridized carbons (Fsp3) is 0.286. The number of hydrogen-bond acceptors (Lipinski definition) is 4. The van der Waals surface area contributed by atoms with E-state index in [1.54, 1.807) is 0 Å². The molecule has 0 N–H and O–H groups in total. The van der Waals surface area contributed by atoms with Gasteiger partial charge in [0.25, 0.3) is 0 Å². The van der Waals surface area contributed by atoms with Crippen LogP contribution in [0.25, 0.3) is 0 Å². The number of ether oxygens (including phenoxy) is 1. The van der Waals surface area contributed by atoms with Crippen molar-refractivity contribution in [2.24, 2.45) is 0 Å². The summed E-state index contributed by atoms with van der Waals surface area (Å²) in [6.45, 7) is 0. The summed E-state index contributed by atoms with van der Waals surface area (Å²) in [7, 11) is 0. The highest BCUT2D eigenvalue weighted by molar-refractivity contribution is 5.97. The van der Waals surface area contributed by atoms with Gasteiger partial charge in [0.05, 0.1) is 0 Å². The van der Waals surface area contributed by atoms with E-state index >= 15 is 0 Å². The zero-order chi connectivity index (χ0) is 19.0. The second-order valence-corrected chi connectivity index (χ2v) is 6.82. The molecule has 27 heavy (non-hydrogen) atoms. The van der Waals surface area contributed by atoms with Gasteiger partial charge in [0.1, 0.15) is 18.0 Å². The Balaban J connectivity index is 1.39. The maximum atomic E-state index is 12.9. The molecule has 0 radical (unpaired) electrons. The van der Waals surface area contributed by atoms with Gasteiger partial charge in [-0.1, -0.05) is 24.3 Å². The van der Waals surface area contributed by atoms with E-state index in [2.05, 4.69) is 0 Å². The van der Waals surface area contributed by atoms with Crippen LogP contribution in [0.15, 0.2) is 48.5 Å². The molecule has 6 heteroatoms. The lowest BCUT2D eigenvalue weighted by atomic mass is 10.0. The van der Waals surface area contributed by atoms with Crippen molar-refractivity contribution in [3.63, 3.8) is 0 Å². The van der Waals surface area contributed by atoms with Gasteiger partial charge in [-0.3, -0.25) is 9.59 Å². The van der Waals surface area contributed by atoms with E-state index in [1.807, 2.05) is 24.3 Å². The van der Waals surface area contributed by atoms with Crippen LogP contribution < -0.4 is 0 Å². The van der Waals surface area contributed by atoms with Gasteiger partial charge in [0.15, 0.2) is 5.78 Å². The van der Waals surface area contributed by atoms with Crippen molar-refractivity contribution in [1.82, 2.24) is 4.90 Å². The number of fused-ring (bicyclic) bond motifs is 3. The molecule has 2 aliphatic rings. The van der Waals surface area contributed by atoms with E-state index in [1.165, 1.54) is 29.2 Å². The van der Waals surface area contributed by atoms with Crippen LogP contribution in [0.1, 0.15) is 46.8 Å². The van der Waals surface area contributed by atoms with Crippen LogP contribution in [0, 0.1) is 5.82 Å². The Hall–Kier alpha value is -3.02. The van der Waals surface area contributed by atoms with Crippen LogP contribution in [0.5, 0.6) is 0 Å². The second kappa shape index (κ2) is 6.95. The van der Waals surface area contributed by atoms with Crippen LogP contribution in [0.2, 0.25) is 0 Å². The summed E-state index contributed by atoms with van der Waals surface area (Å²) < 4.78 is 18.3. The van der Waals surface area contributed by atoms with Crippen LogP contribution >= 0.6 is 0 Å². The Kier molecular flexibility index (Phi) is 4.48. The molecule has 0 unspecified atom stereocenters. The molecular weight excluding hydrogens is 349 g/mol. The Morgan fingerprint density at radius 2 is 1.81 bits per heavy atom. The fourth-order valence-electron chi connectivity index (χ4n) is 3.81. The van der Waals surface area contributed by atoms with E-state index in [4.69, 9.17) is 4.74 Å². The molecule has 2 amide bonds. The molecule has 4 rings (SSSR count). The average molecular weight is 367 g/mol. The molecule has 1 aliphatic carbocycles. The molecule has 1 heterocycles. The zero-order valence-corrected chi connectivity index (χ0v) is 14.6. The van der Waals surface area contributed by atoms with Gasteiger partial charge in [-0.25, -0.2) is 14.1 Å². The Bertz CT molecular complexity index is 909. The highest BCUT2D eigenvalue weighted by atomic mass is 19.1. The number of imide groups is 1. The average Bonchev–Trinajstić information content (AvgIpc) is 3.16. The summed E-state index contributed by atoms with van der Waals surface area (Å²) in [5.74, 6) is -0.896. The Morgan fingerprint density at radius 1 is 1.07 bits per heavy atom. The minimum Gasteiger partial charge on any atom is -0.443 e. The third-order valence-corrected chi connectivity index (χ3v) is 5.10. The molecule has 0 aromatic heterocycles. The lowest BCUT2D eigenvalue weighted by Gasteiger charge is -2.19. The van der Waals surface area contributed by atoms with Crippen molar-refractivity contribution in [2.75, 3.05) is 0 Å². The van der Waals surface area contributed by atoms with Crippen LogP contribution in [-0.2, 0) is 16.0 Å². The molecule has 2 aromatic carbocycles. The lowest BCUT2D eigenvalue weighted by Crippen LogP contribution is -2.34. The molecule has 1 aliphatic heterocycles. The SMILES string of the molecule is O=C(CCCC(=O)N1C(=O)O[C@H]2Cc3ccccc3[C@H]21)c1ccc(F)cc1. The third kappa shape index (κ3) is 3.23. The predicted octanol–water partition coefficient (Wildman–Crippen LogP) is 3.82. The highest BCUT2D eigenvalue weighted by Gasteiger charge is 2.49. The number of halogens is 1. The van der Waals surface area contributed by atoms with Gasteiger partial charge in [-0.2, -0.15) is 0 Å². The molecule has 0 saturated carbocycles. The van der Waals surface area contributed by atoms with E-state index < -0.39 is 11.9 Å². The highest BCUT2D eigenvalue weighted by Crippen LogP contribution is 2.42. The minimum atomic E-state index is -0.616. The first-order valence-corrected chi connectivity index (χ1v) is 8.94. The summed E-state index contributed by atoms with van der Waals surface area (Å²) in [6, 6.07) is 12.6. The topological polar surface area (TPSA) is 63.7 Å². The van der Waals surface area contributed by atoms with Crippen molar-refractivity contribution in [3.8, 4) is 0 Å². The summed E-state index contributed by atoms with van der Waals surface area (Å²) in [6.07, 6.45) is 0.212. The van der Waals surface area contributed by atoms with Crippen molar-refractivity contribution in [2.45, 2.75) is 37.8 Å². The second-order valence-electron chi connectivity index (χ2n) is 6.82. The summed E-state index contributed by atoms with van der Waals surface area (Å²) in [5, 5.41) is 0. The normalized spacial score (nSPS) is 20.2. The molecule has 5 nitrogen and oxygen atoms in total. The monoisotopic (exact) mass is 367 g/mol. The number of amides is 2. The van der Waals surface area contributed by atoms with Gasteiger partial charge in [-0.05, 0) is 41.8 Å². The molecular formula is C21H18FNO4. The van der Waals surface area contributed by atoms with Gasteiger partial charge >= 0.3 is 6.09 Å². The first kappa shape index (κ1) is 17.4. The van der Waals surface area contributed by atoms with Crippen molar-refractivity contribution in [1.29, 1.82) is 0 Å². The van der Waals surface area contributed by atoms with Crippen LogP contribution in [-0.4, -0.2) is 28.8 Å². The number of carbonyl (C=O) groups excluding carboxylic acids is 3. The maximum Gasteiger partial charge on any atom is 0.417 e. The Labute approximate surface area is 155 Å². The minimum absolute atomic E-state index is 0.0768. The van der Waals surface area contributed by atoms with E-state index in [0.29, 0.717) is 18.4 Å². The van der Waals surface area contributed by atoms with Crippen LogP contribution in [0.4, 0.5) is 9.18 Å². The molecule has 0 spiro atoms. The zero-order valence-electron chi connectivity index (χ0n) is 14.6. The smallest absolute Gasteiger partial charge is 0.417 e. The predicted molar refractivity (Wildman–Crippen MR) is 94.6 cm³/mol. The van der Waals surface area contributed by atoms with Crippen LogP contribution in [0.3, 0.4) is 0 Å². The van der Waals surface area contributed by atoms with E-state index in [0.717, 1.165) is 11.1 Å². The van der Waals surface area contributed by atoms with Crippen molar-refractivity contribution in [3.05, 3.63) is 71.0 Å². The largest absolute Gasteiger partial charge is 0.443 e. The summed E-state index contributed by atoms with van der Waals surface area (Å²) >= 11 is 0. The van der Waals surface area contributed by atoms with E-state index in [-0.39, 0.29) is 36.7 Å². The van der Waals surface area contributed by atoms with Crippen molar-refractivity contribution < 1.29 is 23.5 Å². The molecule has 2 atom stereocenters. The maximum absolute atomic E-state index is 12.9. The molecule has 2 aromatic rings.